The molecule has 2 aliphatic heterocycles. The summed E-state index contributed by atoms with van der Waals surface area (Å²) in [6.07, 6.45) is 3.82. The number of nitrogens with one attached hydrogen (secondary N) is 1. The van der Waals surface area contributed by atoms with Crippen molar-refractivity contribution >= 4 is 11.7 Å². The van der Waals surface area contributed by atoms with E-state index in [4.69, 9.17) is 9.26 Å². The third-order valence-corrected chi connectivity index (χ3v) is 5.11. The average molecular weight is 342 g/mol. The number of aromatic nitrogens is 2. The van der Waals surface area contributed by atoms with Crippen LogP contribution in [0.4, 0.5) is 5.82 Å². The van der Waals surface area contributed by atoms with Gasteiger partial charge in [-0.15, -0.1) is 0 Å². The molecule has 132 valence electrons. The number of anilines is 1. The van der Waals surface area contributed by atoms with E-state index in [1.165, 1.54) is 0 Å². The summed E-state index contributed by atoms with van der Waals surface area (Å²) in [6, 6.07) is 7.51. The van der Waals surface area contributed by atoms with Crippen LogP contribution in [0.1, 0.15) is 29.1 Å². The van der Waals surface area contributed by atoms with Crippen LogP contribution in [0.3, 0.4) is 0 Å². The van der Waals surface area contributed by atoms with Gasteiger partial charge in [-0.25, -0.2) is 4.98 Å². The molecule has 2 aromatic rings. The van der Waals surface area contributed by atoms with Crippen molar-refractivity contribution in [3.63, 3.8) is 0 Å². The van der Waals surface area contributed by atoms with Crippen LogP contribution in [-0.4, -0.2) is 52.8 Å². The first-order valence-electron chi connectivity index (χ1n) is 8.68. The second-order valence-corrected chi connectivity index (χ2v) is 6.81. The topological polar surface area (TPSA) is 80.5 Å². The zero-order valence-electron chi connectivity index (χ0n) is 14.3. The van der Waals surface area contributed by atoms with Crippen molar-refractivity contribution in [2.75, 3.05) is 31.6 Å². The zero-order valence-corrected chi connectivity index (χ0v) is 14.3. The number of pyridine rings is 1. The fourth-order valence-corrected chi connectivity index (χ4v) is 3.76. The third-order valence-electron chi connectivity index (χ3n) is 5.11. The van der Waals surface area contributed by atoms with Crippen molar-refractivity contribution in [1.82, 2.24) is 15.0 Å². The highest BCUT2D eigenvalue weighted by Crippen LogP contribution is 2.42. The Morgan fingerprint density at radius 1 is 1.44 bits per heavy atom. The first-order chi connectivity index (χ1) is 12.2. The highest BCUT2D eigenvalue weighted by atomic mass is 16.5. The van der Waals surface area contributed by atoms with E-state index >= 15 is 0 Å². The minimum atomic E-state index is -0.194. The van der Waals surface area contributed by atoms with E-state index in [-0.39, 0.29) is 11.5 Å². The van der Waals surface area contributed by atoms with Crippen molar-refractivity contribution in [3.8, 4) is 0 Å². The molecule has 7 heteroatoms. The Morgan fingerprint density at radius 2 is 2.32 bits per heavy atom. The fourth-order valence-electron chi connectivity index (χ4n) is 3.76. The standard InChI is InChI=1S/C18H22N4O3/c1-13-10-15(21-25-13)17(23)22-11-18(12-22)14(6-9-24-18)5-8-20-16-4-2-3-7-19-16/h2-4,7,10,14H,5-6,8-9,11-12H2,1H3,(H,19,20)/t14-/m0/s1. The van der Waals surface area contributed by atoms with Crippen molar-refractivity contribution in [1.29, 1.82) is 0 Å². The number of carbonyl (C=O) groups is 1. The Hall–Kier alpha value is -2.41. The van der Waals surface area contributed by atoms with Gasteiger partial charge in [0, 0.05) is 25.4 Å². The molecular formula is C18H22N4O3. The summed E-state index contributed by atoms with van der Waals surface area (Å²) >= 11 is 0. The lowest BCUT2D eigenvalue weighted by Crippen LogP contribution is -2.66. The molecule has 0 aromatic carbocycles. The van der Waals surface area contributed by atoms with Crippen molar-refractivity contribution in [3.05, 3.63) is 41.9 Å². The molecule has 2 aromatic heterocycles. The summed E-state index contributed by atoms with van der Waals surface area (Å²) < 4.78 is 11.0. The molecule has 0 radical (unpaired) electrons. The SMILES string of the molecule is Cc1cc(C(=O)N2CC3(C2)OCC[C@@H]3CCNc2ccccn2)no1. The van der Waals surface area contributed by atoms with Gasteiger partial charge in [0.1, 0.15) is 17.2 Å². The molecule has 4 rings (SSSR count). The molecular weight excluding hydrogens is 320 g/mol. The fraction of sp³-hybridized carbons (Fsp3) is 0.500. The lowest BCUT2D eigenvalue weighted by atomic mass is 9.78. The van der Waals surface area contributed by atoms with Crippen LogP contribution in [0.5, 0.6) is 0 Å². The van der Waals surface area contributed by atoms with E-state index < -0.39 is 0 Å². The van der Waals surface area contributed by atoms with E-state index in [9.17, 15) is 4.79 Å². The summed E-state index contributed by atoms with van der Waals surface area (Å²) in [4.78, 5) is 18.5. The maximum atomic E-state index is 12.4. The number of hydrogen-bond donors (Lipinski definition) is 1. The van der Waals surface area contributed by atoms with Gasteiger partial charge in [0.05, 0.1) is 13.1 Å². The van der Waals surface area contributed by atoms with Gasteiger partial charge >= 0.3 is 0 Å². The number of hydrogen-bond acceptors (Lipinski definition) is 6. The maximum absolute atomic E-state index is 12.4. The quantitative estimate of drug-likeness (QED) is 0.896. The first kappa shape index (κ1) is 16.1. The van der Waals surface area contributed by atoms with Gasteiger partial charge in [-0.3, -0.25) is 4.79 Å². The summed E-state index contributed by atoms with van der Waals surface area (Å²) in [5.74, 6) is 1.91. The van der Waals surface area contributed by atoms with E-state index in [0.29, 0.717) is 30.5 Å². The third kappa shape index (κ3) is 3.11. The van der Waals surface area contributed by atoms with Gasteiger partial charge in [-0.05, 0) is 37.8 Å². The van der Waals surface area contributed by atoms with Gasteiger partial charge in [0.15, 0.2) is 5.69 Å². The Bertz CT molecular complexity index is 740. The molecule has 0 aliphatic carbocycles. The van der Waals surface area contributed by atoms with Crippen molar-refractivity contribution < 1.29 is 14.1 Å². The predicted octanol–water partition coefficient (Wildman–Crippen LogP) is 2.11. The van der Waals surface area contributed by atoms with Crippen LogP contribution < -0.4 is 5.32 Å². The highest BCUT2D eigenvalue weighted by Gasteiger charge is 2.54. The molecule has 1 spiro atoms. The second-order valence-electron chi connectivity index (χ2n) is 6.81. The van der Waals surface area contributed by atoms with Crippen LogP contribution in [0.15, 0.2) is 35.0 Å². The Balaban J connectivity index is 1.31. The van der Waals surface area contributed by atoms with Crippen molar-refractivity contribution in [2.24, 2.45) is 5.92 Å². The Morgan fingerprint density at radius 3 is 3.04 bits per heavy atom. The number of ether oxygens (including phenoxy) is 1. The van der Waals surface area contributed by atoms with Gasteiger partial charge < -0.3 is 19.5 Å². The summed E-state index contributed by atoms with van der Waals surface area (Å²) in [6.45, 7) is 4.66. The molecule has 2 saturated heterocycles. The van der Waals surface area contributed by atoms with E-state index in [0.717, 1.165) is 31.8 Å². The largest absolute Gasteiger partial charge is 0.371 e. The first-order valence-corrected chi connectivity index (χ1v) is 8.68. The number of likely N-dealkylation sites (tertiary alicyclic amines) is 1. The second kappa shape index (κ2) is 6.48. The molecule has 1 N–H and O–H groups in total. The van der Waals surface area contributed by atoms with Crippen LogP contribution in [0.25, 0.3) is 0 Å². The molecule has 1 amide bonds. The molecule has 0 saturated carbocycles. The molecule has 0 bridgehead atoms. The molecule has 1 atom stereocenters. The van der Waals surface area contributed by atoms with Crippen LogP contribution in [-0.2, 0) is 4.74 Å². The van der Waals surface area contributed by atoms with Gasteiger partial charge in [-0.1, -0.05) is 11.2 Å². The lowest BCUT2D eigenvalue weighted by molar-refractivity contribution is -0.117. The molecule has 4 heterocycles. The van der Waals surface area contributed by atoms with E-state index in [2.05, 4.69) is 15.5 Å². The lowest BCUT2D eigenvalue weighted by Gasteiger charge is -2.50. The minimum absolute atomic E-state index is 0.0802. The highest BCUT2D eigenvalue weighted by molar-refractivity contribution is 5.93. The molecule has 2 fully saturated rings. The minimum Gasteiger partial charge on any atom is -0.371 e. The maximum Gasteiger partial charge on any atom is 0.276 e. The number of aryl methyl sites for hydroxylation is 1. The van der Waals surface area contributed by atoms with Crippen LogP contribution >= 0.6 is 0 Å². The summed E-state index contributed by atoms with van der Waals surface area (Å²) in [5, 5.41) is 7.16. The Kier molecular flexibility index (Phi) is 4.17. The number of carbonyl (C=O) groups excluding carboxylic acids is 1. The molecule has 7 nitrogen and oxygen atoms in total. The van der Waals surface area contributed by atoms with Crippen LogP contribution in [0, 0.1) is 12.8 Å². The smallest absolute Gasteiger partial charge is 0.276 e. The van der Waals surface area contributed by atoms with Crippen LogP contribution in [0.2, 0.25) is 0 Å². The Labute approximate surface area is 146 Å². The monoisotopic (exact) mass is 342 g/mol. The molecule has 0 unspecified atom stereocenters. The molecule has 25 heavy (non-hydrogen) atoms. The van der Waals surface area contributed by atoms with Gasteiger partial charge in [0.25, 0.3) is 5.91 Å². The average Bonchev–Trinajstić information content (AvgIpc) is 3.20. The van der Waals surface area contributed by atoms with Gasteiger partial charge in [-0.2, -0.15) is 0 Å². The number of amides is 1. The van der Waals surface area contributed by atoms with E-state index in [1.54, 1.807) is 24.1 Å². The zero-order chi connectivity index (χ0) is 17.3. The van der Waals surface area contributed by atoms with Gasteiger partial charge in [0.2, 0.25) is 0 Å². The summed E-state index contributed by atoms with van der Waals surface area (Å²) in [7, 11) is 0. The number of nitrogens with zero attached hydrogens (tertiary/aromatic N) is 3. The van der Waals surface area contributed by atoms with Crippen molar-refractivity contribution in [2.45, 2.75) is 25.4 Å². The molecule has 2 aliphatic rings. The number of rotatable bonds is 5. The normalized spacial score (nSPS) is 21.3. The predicted molar refractivity (Wildman–Crippen MR) is 91.3 cm³/mol. The van der Waals surface area contributed by atoms with E-state index in [1.807, 2.05) is 18.2 Å². The summed E-state index contributed by atoms with van der Waals surface area (Å²) in [5.41, 5.74) is 0.180.